The zero-order chi connectivity index (χ0) is 6.99. The maximum atomic E-state index is 8.36. The molecule has 3 nitrogen and oxygen atoms in total. The second-order valence-corrected chi connectivity index (χ2v) is 1.01. The molecular formula is C5H10O3. The highest BCUT2D eigenvalue weighted by atomic mass is 16.5. The molecule has 0 spiro atoms. The summed E-state index contributed by atoms with van der Waals surface area (Å²) in [4.78, 5) is 8.36. The molecule has 0 radical (unpaired) electrons. The third kappa shape index (κ3) is 79.0. The lowest BCUT2D eigenvalue weighted by molar-refractivity contribution is -0.122. The van der Waals surface area contributed by atoms with Gasteiger partial charge in [-0.05, 0) is 6.92 Å². The molecule has 48 valence electrons. The Hall–Kier alpha value is -0.990. The molecule has 0 aliphatic heterocycles. The van der Waals surface area contributed by atoms with Gasteiger partial charge in [0.25, 0.3) is 6.47 Å². The number of hydrogen-bond acceptors (Lipinski definition) is 2. The minimum absolute atomic E-state index is 0.250. The molecule has 0 rings (SSSR count). The standard InChI is InChI=1S/C4H8O.CH2O2/c1-4(2)5-3;2-1-3/h1H2,2-3H3;1H,(H,2,3). The van der Waals surface area contributed by atoms with Crippen molar-refractivity contribution in [2.45, 2.75) is 6.92 Å². The fourth-order valence-electron chi connectivity index (χ4n) is 0. The highest BCUT2D eigenvalue weighted by molar-refractivity contribution is 5.32. The first-order valence-corrected chi connectivity index (χ1v) is 1.96. The van der Waals surface area contributed by atoms with Gasteiger partial charge < -0.3 is 9.84 Å². The van der Waals surface area contributed by atoms with Gasteiger partial charge in [0.05, 0.1) is 12.9 Å². The Balaban J connectivity index is 0. The summed E-state index contributed by atoms with van der Waals surface area (Å²) in [5.74, 6) is 0.755. The molecule has 0 bridgehead atoms. The third-order valence-electron chi connectivity index (χ3n) is 0.348. The number of hydrogen-bond donors (Lipinski definition) is 1. The second kappa shape index (κ2) is 9.38. The van der Waals surface area contributed by atoms with Crippen molar-refractivity contribution in [2.24, 2.45) is 0 Å². The van der Waals surface area contributed by atoms with Gasteiger partial charge in [0.2, 0.25) is 0 Å². The first-order chi connectivity index (χ1) is 3.68. The Kier molecular flexibility index (Phi) is 11.8. The fourth-order valence-corrected chi connectivity index (χ4v) is 0. The van der Waals surface area contributed by atoms with Crippen molar-refractivity contribution in [3.63, 3.8) is 0 Å². The van der Waals surface area contributed by atoms with Crippen LogP contribution in [0.5, 0.6) is 0 Å². The average Bonchev–Trinajstić information content (AvgIpc) is 1.69. The van der Waals surface area contributed by atoms with Gasteiger partial charge in [-0.2, -0.15) is 0 Å². The van der Waals surface area contributed by atoms with Crippen LogP contribution in [0.15, 0.2) is 12.3 Å². The maximum Gasteiger partial charge on any atom is 0.290 e. The van der Waals surface area contributed by atoms with Gasteiger partial charge in [-0.15, -0.1) is 0 Å². The van der Waals surface area contributed by atoms with Gasteiger partial charge in [-0.3, -0.25) is 4.79 Å². The van der Waals surface area contributed by atoms with E-state index >= 15 is 0 Å². The normalized spacial score (nSPS) is 5.75. The first kappa shape index (κ1) is 10.1. The number of ether oxygens (including phenoxy) is 1. The Morgan fingerprint density at radius 1 is 1.88 bits per heavy atom. The lowest BCUT2D eigenvalue weighted by Gasteiger charge is -1.88. The zero-order valence-corrected chi connectivity index (χ0v) is 5.05. The summed E-state index contributed by atoms with van der Waals surface area (Å²) in [5.41, 5.74) is 0. The van der Waals surface area contributed by atoms with Gasteiger partial charge in [-0.25, -0.2) is 0 Å². The highest BCUT2D eigenvalue weighted by Gasteiger charge is 1.65. The molecule has 0 aromatic rings. The van der Waals surface area contributed by atoms with Crippen LogP contribution in [0, 0.1) is 0 Å². The third-order valence-corrected chi connectivity index (χ3v) is 0.348. The Bertz CT molecular complexity index is 68.1. The summed E-state index contributed by atoms with van der Waals surface area (Å²) in [7, 11) is 1.60. The molecule has 0 saturated carbocycles. The Morgan fingerprint density at radius 2 is 2.00 bits per heavy atom. The molecule has 8 heavy (non-hydrogen) atoms. The van der Waals surface area contributed by atoms with Crippen molar-refractivity contribution in [3.05, 3.63) is 12.3 Å². The van der Waals surface area contributed by atoms with Gasteiger partial charge >= 0.3 is 0 Å². The van der Waals surface area contributed by atoms with Crippen LogP contribution in [-0.2, 0) is 9.53 Å². The van der Waals surface area contributed by atoms with E-state index in [-0.39, 0.29) is 6.47 Å². The van der Waals surface area contributed by atoms with Crippen molar-refractivity contribution in [3.8, 4) is 0 Å². The van der Waals surface area contributed by atoms with Crippen LogP contribution in [-0.4, -0.2) is 18.7 Å². The van der Waals surface area contributed by atoms with Crippen molar-refractivity contribution >= 4 is 6.47 Å². The van der Waals surface area contributed by atoms with Crippen molar-refractivity contribution < 1.29 is 14.6 Å². The summed E-state index contributed by atoms with van der Waals surface area (Å²) in [5, 5.41) is 6.89. The van der Waals surface area contributed by atoms with Crippen molar-refractivity contribution in [1.82, 2.24) is 0 Å². The van der Waals surface area contributed by atoms with E-state index in [0.717, 1.165) is 5.76 Å². The quantitative estimate of drug-likeness (QED) is 0.410. The Labute approximate surface area is 48.6 Å². The van der Waals surface area contributed by atoms with E-state index < -0.39 is 0 Å². The molecule has 0 saturated heterocycles. The molecule has 0 aliphatic rings. The predicted molar refractivity (Wildman–Crippen MR) is 30.5 cm³/mol. The summed E-state index contributed by atoms with van der Waals surface area (Å²) in [6, 6.07) is 0. The molecule has 0 heterocycles. The van der Waals surface area contributed by atoms with Gasteiger partial charge in [0.15, 0.2) is 0 Å². The average molecular weight is 118 g/mol. The highest BCUT2D eigenvalue weighted by Crippen LogP contribution is 1.80. The number of allylic oxidation sites excluding steroid dienone is 1. The lowest BCUT2D eigenvalue weighted by atomic mass is 10.7. The van der Waals surface area contributed by atoms with Crippen molar-refractivity contribution in [1.29, 1.82) is 0 Å². The SMILES string of the molecule is C=C(C)OC.O=CO. The van der Waals surface area contributed by atoms with Crippen molar-refractivity contribution in [2.75, 3.05) is 7.11 Å². The maximum absolute atomic E-state index is 8.36. The van der Waals surface area contributed by atoms with Crippen LogP contribution in [0.3, 0.4) is 0 Å². The Morgan fingerprint density at radius 3 is 2.00 bits per heavy atom. The summed E-state index contributed by atoms with van der Waals surface area (Å²) in [6.07, 6.45) is 0. The predicted octanol–water partition coefficient (Wildman–Crippen LogP) is 0.867. The topological polar surface area (TPSA) is 46.5 Å². The van der Waals surface area contributed by atoms with Crippen LogP contribution in [0.25, 0.3) is 0 Å². The van der Waals surface area contributed by atoms with E-state index in [4.69, 9.17) is 9.90 Å². The molecule has 0 atom stereocenters. The minimum atomic E-state index is -0.250. The monoisotopic (exact) mass is 118 g/mol. The van der Waals surface area contributed by atoms with Gasteiger partial charge in [0, 0.05) is 0 Å². The van der Waals surface area contributed by atoms with Gasteiger partial charge in [-0.1, -0.05) is 6.58 Å². The fraction of sp³-hybridized carbons (Fsp3) is 0.400. The lowest BCUT2D eigenvalue weighted by Crippen LogP contribution is -1.70. The van der Waals surface area contributed by atoms with Crippen LogP contribution in [0.1, 0.15) is 6.92 Å². The summed E-state index contributed by atoms with van der Waals surface area (Å²) >= 11 is 0. The summed E-state index contributed by atoms with van der Waals surface area (Å²) < 4.78 is 4.56. The van der Waals surface area contributed by atoms with E-state index in [1.807, 2.05) is 0 Å². The number of methoxy groups -OCH3 is 1. The molecule has 0 unspecified atom stereocenters. The second-order valence-electron chi connectivity index (χ2n) is 1.01. The van der Waals surface area contributed by atoms with E-state index in [1.165, 1.54) is 0 Å². The number of rotatable bonds is 1. The molecule has 0 aromatic carbocycles. The molecule has 1 N–H and O–H groups in total. The molecule has 0 aliphatic carbocycles. The van der Waals surface area contributed by atoms with E-state index in [0.29, 0.717) is 0 Å². The van der Waals surface area contributed by atoms with Gasteiger partial charge in [0.1, 0.15) is 0 Å². The van der Waals surface area contributed by atoms with Crippen LogP contribution in [0.2, 0.25) is 0 Å². The van der Waals surface area contributed by atoms with E-state index in [1.54, 1.807) is 14.0 Å². The smallest absolute Gasteiger partial charge is 0.290 e. The molecule has 0 aromatic heterocycles. The van der Waals surface area contributed by atoms with Crippen LogP contribution in [0.4, 0.5) is 0 Å². The molecular weight excluding hydrogens is 108 g/mol. The largest absolute Gasteiger partial charge is 0.502 e. The summed E-state index contributed by atoms with van der Waals surface area (Å²) in [6.45, 7) is 5.01. The molecule has 3 heteroatoms. The molecule has 0 fully saturated rings. The van der Waals surface area contributed by atoms with Crippen LogP contribution < -0.4 is 0 Å². The number of carbonyl (C=O) groups is 1. The zero-order valence-electron chi connectivity index (χ0n) is 5.05. The van der Waals surface area contributed by atoms with E-state index in [2.05, 4.69) is 11.3 Å². The first-order valence-electron chi connectivity index (χ1n) is 1.96. The molecule has 0 amide bonds. The number of carboxylic acid groups (broad SMARTS) is 1. The minimum Gasteiger partial charge on any atom is -0.502 e. The van der Waals surface area contributed by atoms with E-state index in [9.17, 15) is 0 Å². The van der Waals surface area contributed by atoms with Crippen LogP contribution >= 0.6 is 0 Å².